The van der Waals surface area contributed by atoms with Gasteiger partial charge in [0.05, 0.1) is 13.2 Å². The Morgan fingerprint density at radius 3 is 2.77 bits per heavy atom. The number of ether oxygens (including phenoxy) is 2. The van der Waals surface area contributed by atoms with Crippen LogP contribution in [0.2, 0.25) is 0 Å². The highest BCUT2D eigenvalue weighted by Crippen LogP contribution is 2.05. The van der Waals surface area contributed by atoms with Crippen LogP contribution in [0.3, 0.4) is 0 Å². The number of aliphatic imine (C=N–C) groups is 1. The van der Waals surface area contributed by atoms with Crippen molar-refractivity contribution in [2.75, 3.05) is 53.6 Å². The number of benzene rings is 1. The second-order valence-corrected chi connectivity index (χ2v) is 5.68. The second kappa shape index (κ2) is 14.1. The summed E-state index contributed by atoms with van der Waals surface area (Å²) < 4.78 is 10.4. The second-order valence-electron chi connectivity index (χ2n) is 5.68. The van der Waals surface area contributed by atoms with Crippen LogP contribution >= 0.6 is 0 Å². The van der Waals surface area contributed by atoms with E-state index in [4.69, 9.17) is 9.47 Å². The topological polar surface area (TPSA) is 84.0 Å². The Labute approximate surface area is 156 Å². The van der Waals surface area contributed by atoms with Gasteiger partial charge in [0.15, 0.2) is 5.96 Å². The molecule has 3 N–H and O–H groups in total. The van der Waals surface area contributed by atoms with Crippen molar-refractivity contribution in [3.05, 3.63) is 35.4 Å². The van der Waals surface area contributed by atoms with Gasteiger partial charge < -0.3 is 25.4 Å². The molecule has 0 atom stereocenters. The number of carbonyl (C=O) groups excluding carboxylic acids is 1. The van der Waals surface area contributed by atoms with E-state index in [9.17, 15) is 4.79 Å². The van der Waals surface area contributed by atoms with Gasteiger partial charge in [-0.15, -0.1) is 0 Å². The third kappa shape index (κ3) is 9.39. The first-order valence-corrected chi connectivity index (χ1v) is 9.11. The fraction of sp³-hybridized carbons (Fsp3) is 0.579. The quantitative estimate of drug-likeness (QED) is 0.295. The number of rotatable bonds is 12. The number of hydrogen-bond acceptors (Lipinski definition) is 4. The van der Waals surface area contributed by atoms with Gasteiger partial charge in [-0.05, 0) is 37.5 Å². The lowest BCUT2D eigenvalue weighted by Gasteiger charge is -2.12. The molecule has 0 aliphatic rings. The minimum absolute atomic E-state index is 0.0672. The molecule has 0 saturated carbocycles. The number of carbonyl (C=O) groups is 1. The molecule has 0 radical (unpaired) electrons. The van der Waals surface area contributed by atoms with Crippen LogP contribution in [0.5, 0.6) is 0 Å². The minimum Gasteiger partial charge on any atom is -0.382 e. The molecule has 0 unspecified atom stereocenters. The molecule has 0 aromatic heterocycles. The largest absolute Gasteiger partial charge is 0.382 e. The van der Waals surface area contributed by atoms with Crippen LogP contribution in [0.4, 0.5) is 0 Å². The highest BCUT2D eigenvalue weighted by Gasteiger charge is 2.04. The molecule has 7 heteroatoms. The van der Waals surface area contributed by atoms with Gasteiger partial charge in [0, 0.05) is 46.0 Å². The predicted octanol–water partition coefficient (Wildman–Crippen LogP) is 1.20. The fourth-order valence-electron chi connectivity index (χ4n) is 2.28. The molecule has 26 heavy (non-hydrogen) atoms. The first kappa shape index (κ1) is 21.9. The van der Waals surface area contributed by atoms with Gasteiger partial charge in [0.25, 0.3) is 5.91 Å². The van der Waals surface area contributed by atoms with Crippen molar-refractivity contribution in [2.24, 2.45) is 4.99 Å². The summed E-state index contributed by atoms with van der Waals surface area (Å²) in [6.45, 7) is 6.21. The van der Waals surface area contributed by atoms with Gasteiger partial charge in [-0.25, -0.2) is 0 Å². The van der Waals surface area contributed by atoms with Gasteiger partial charge in [-0.1, -0.05) is 12.1 Å². The van der Waals surface area contributed by atoms with Crippen molar-refractivity contribution >= 4 is 11.9 Å². The molecule has 0 aliphatic carbocycles. The fourth-order valence-corrected chi connectivity index (χ4v) is 2.28. The Hall–Kier alpha value is -2.12. The Kier molecular flexibility index (Phi) is 11.9. The highest BCUT2D eigenvalue weighted by molar-refractivity contribution is 5.94. The molecular formula is C19H32N4O3. The first-order valence-electron chi connectivity index (χ1n) is 9.11. The van der Waals surface area contributed by atoms with Crippen molar-refractivity contribution in [1.29, 1.82) is 0 Å². The number of hydrogen-bond donors (Lipinski definition) is 3. The summed E-state index contributed by atoms with van der Waals surface area (Å²) in [6.07, 6.45) is 1.68. The normalized spacial score (nSPS) is 11.3. The third-order valence-electron chi connectivity index (χ3n) is 3.62. The van der Waals surface area contributed by atoms with Crippen LogP contribution in [0.1, 0.15) is 29.3 Å². The van der Waals surface area contributed by atoms with Crippen molar-refractivity contribution in [1.82, 2.24) is 16.0 Å². The van der Waals surface area contributed by atoms with E-state index in [1.165, 1.54) is 0 Å². The van der Waals surface area contributed by atoms with Crippen LogP contribution in [0.15, 0.2) is 29.3 Å². The summed E-state index contributed by atoms with van der Waals surface area (Å²) in [7, 11) is 3.30. The zero-order valence-electron chi connectivity index (χ0n) is 16.1. The first-order chi connectivity index (χ1) is 12.7. The zero-order chi connectivity index (χ0) is 19.0. The van der Waals surface area contributed by atoms with E-state index < -0.39 is 0 Å². The zero-order valence-corrected chi connectivity index (χ0v) is 16.1. The number of nitrogens with one attached hydrogen (secondary N) is 3. The summed E-state index contributed by atoms with van der Waals surface area (Å²) in [5.74, 6) is 0.731. The van der Waals surface area contributed by atoms with E-state index in [1.54, 1.807) is 14.2 Å². The SMILES string of the molecule is CCNC(=NCCCOCCOC)NCCc1cccc(C(=O)NC)c1. The Morgan fingerprint density at radius 1 is 1.19 bits per heavy atom. The Morgan fingerprint density at radius 2 is 2.04 bits per heavy atom. The number of guanidine groups is 1. The molecule has 1 aromatic carbocycles. The van der Waals surface area contributed by atoms with E-state index in [0.717, 1.165) is 37.5 Å². The van der Waals surface area contributed by atoms with E-state index in [2.05, 4.69) is 20.9 Å². The van der Waals surface area contributed by atoms with E-state index in [-0.39, 0.29) is 5.91 Å². The minimum atomic E-state index is -0.0672. The summed E-state index contributed by atoms with van der Waals surface area (Å²) in [6, 6.07) is 7.66. The summed E-state index contributed by atoms with van der Waals surface area (Å²) in [5, 5.41) is 9.20. The molecule has 0 bridgehead atoms. The molecule has 1 amide bonds. The third-order valence-corrected chi connectivity index (χ3v) is 3.62. The monoisotopic (exact) mass is 364 g/mol. The Bertz CT molecular complexity index is 549. The molecule has 0 saturated heterocycles. The van der Waals surface area contributed by atoms with Crippen molar-refractivity contribution in [3.8, 4) is 0 Å². The van der Waals surface area contributed by atoms with Gasteiger partial charge in [-0.2, -0.15) is 0 Å². The summed E-state index contributed by atoms with van der Waals surface area (Å²) in [4.78, 5) is 16.2. The molecule has 7 nitrogen and oxygen atoms in total. The van der Waals surface area contributed by atoms with Gasteiger partial charge in [-0.3, -0.25) is 9.79 Å². The smallest absolute Gasteiger partial charge is 0.251 e. The van der Waals surface area contributed by atoms with Crippen molar-refractivity contribution in [2.45, 2.75) is 19.8 Å². The van der Waals surface area contributed by atoms with Gasteiger partial charge >= 0.3 is 0 Å². The Balaban J connectivity index is 2.36. The van der Waals surface area contributed by atoms with Crippen molar-refractivity contribution < 1.29 is 14.3 Å². The summed E-state index contributed by atoms with van der Waals surface area (Å²) >= 11 is 0. The standard InChI is InChI=1S/C19H32N4O3/c1-4-21-19(22-10-6-12-26-14-13-25-3)23-11-9-16-7-5-8-17(15-16)18(24)20-2/h5,7-8,15H,4,6,9-14H2,1-3H3,(H,20,24)(H2,21,22,23). The molecular weight excluding hydrogens is 332 g/mol. The molecule has 0 heterocycles. The maximum absolute atomic E-state index is 11.7. The van der Waals surface area contributed by atoms with E-state index in [1.807, 2.05) is 31.2 Å². The molecule has 0 aliphatic heterocycles. The average Bonchev–Trinajstić information content (AvgIpc) is 2.66. The van der Waals surface area contributed by atoms with Crippen LogP contribution < -0.4 is 16.0 Å². The number of amides is 1. The van der Waals surface area contributed by atoms with Crippen LogP contribution in [0, 0.1) is 0 Å². The molecule has 146 valence electrons. The predicted molar refractivity (Wildman–Crippen MR) is 105 cm³/mol. The van der Waals surface area contributed by atoms with E-state index in [0.29, 0.717) is 31.9 Å². The van der Waals surface area contributed by atoms with E-state index >= 15 is 0 Å². The lowest BCUT2D eigenvalue weighted by Crippen LogP contribution is -2.38. The summed E-state index contributed by atoms with van der Waals surface area (Å²) in [5.41, 5.74) is 1.79. The maximum Gasteiger partial charge on any atom is 0.251 e. The molecule has 1 aromatic rings. The number of nitrogens with zero attached hydrogens (tertiary/aromatic N) is 1. The lowest BCUT2D eigenvalue weighted by atomic mass is 10.1. The van der Waals surface area contributed by atoms with Crippen LogP contribution in [-0.2, 0) is 15.9 Å². The van der Waals surface area contributed by atoms with Crippen LogP contribution in [-0.4, -0.2) is 65.5 Å². The average molecular weight is 364 g/mol. The molecule has 0 spiro atoms. The molecule has 0 fully saturated rings. The van der Waals surface area contributed by atoms with Crippen molar-refractivity contribution in [3.63, 3.8) is 0 Å². The number of methoxy groups -OCH3 is 1. The van der Waals surface area contributed by atoms with Gasteiger partial charge in [0.2, 0.25) is 0 Å². The maximum atomic E-state index is 11.7. The lowest BCUT2D eigenvalue weighted by molar-refractivity contribution is 0.0702. The van der Waals surface area contributed by atoms with Gasteiger partial charge in [0.1, 0.15) is 0 Å². The molecule has 1 rings (SSSR count). The highest BCUT2D eigenvalue weighted by atomic mass is 16.5. The van der Waals surface area contributed by atoms with Crippen LogP contribution in [0.25, 0.3) is 0 Å².